The molecule has 0 radical (unpaired) electrons. The Morgan fingerprint density at radius 3 is 2.32 bits per heavy atom. The highest BCUT2D eigenvalue weighted by Gasteiger charge is 2.24. The van der Waals surface area contributed by atoms with Crippen LogP contribution in [0.1, 0.15) is 48.6 Å². The van der Waals surface area contributed by atoms with Crippen LogP contribution in [0.25, 0.3) is 0 Å². The number of nitrogens with zero attached hydrogens (tertiary/aromatic N) is 3. The zero-order valence-electron chi connectivity index (χ0n) is 16.3. The summed E-state index contributed by atoms with van der Waals surface area (Å²) in [4.78, 5) is 49.1. The van der Waals surface area contributed by atoms with E-state index in [1.807, 2.05) is 27.7 Å². The van der Waals surface area contributed by atoms with E-state index in [0.29, 0.717) is 0 Å². The van der Waals surface area contributed by atoms with E-state index >= 15 is 0 Å². The third-order valence-corrected chi connectivity index (χ3v) is 4.02. The lowest BCUT2D eigenvalue weighted by molar-refractivity contribution is -0.402. The van der Waals surface area contributed by atoms with E-state index in [0.717, 1.165) is 12.1 Å². The Balaban J connectivity index is 2.37. The molecule has 0 unspecified atom stereocenters. The van der Waals surface area contributed by atoms with E-state index in [2.05, 4.69) is 5.32 Å². The molecular formula is C18H22N4O6. The van der Waals surface area contributed by atoms with Crippen molar-refractivity contribution < 1.29 is 18.9 Å². The fraction of sp³-hybridized carbons (Fsp3) is 0.389. The average Bonchev–Trinajstić information content (AvgIpc) is 3.08. The summed E-state index contributed by atoms with van der Waals surface area (Å²) in [5.74, 6) is -2.04. The predicted molar refractivity (Wildman–Crippen MR) is 101 cm³/mol. The smallest absolute Gasteiger partial charge is 0.395 e. The minimum atomic E-state index is -0.834. The second-order valence-corrected chi connectivity index (χ2v) is 6.81. The molecule has 150 valence electrons. The highest BCUT2D eigenvalue weighted by molar-refractivity contribution is 6.03. The van der Waals surface area contributed by atoms with E-state index in [9.17, 15) is 24.5 Å². The minimum absolute atomic E-state index is 0.0635. The number of furan rings is 1. The number of nitro groups is 1. The number of aromatic nitrogens is 1. The third kappa shape index (κ3) is 4.27. The summed E-state index contributed by atoms with van der Waals surface area (Å²) < 4.78 is 6.02. The normalized spacial score (nSPS) is 11.0. The van der Waals surface area contributed by atoms with Crippen molar-refractivity contribution in [3.63, 3.8) is 0 Å². The Morgan fingerprint density at radius 1 is 1.21 bits per heavy atom. The molecule has 10 heteroatoms. The largest absolute Gasteiger partial charge is 0.433 e. The van der Waals surface area contributed by atoms with Crippen LogP contribution < -0.4 is 10.9 Å². The molecule has 28 heavy (non-hydrogen) atoms. The molecule has 0 aliphatic carbocycles. The number of hydrogen-bond acceptors (Lipinski definition) is 6. The number of anilines is 1. The number of rotatable bonds is 6. The van der Waals surface area contributed by atoms with Crippen molar-refractivity contribution in [2.24, 2.45) is 7.05 Å². The van der Waals surface area contributed by atoms with Gasteiger partial charge in [0, 0.05) is 25.3 Å². The van der Waals surface area contributed by atoms with Crippen molar-refractivity contribution in [3.8, 4) is 0 Å². The number of nitrogens with one attached hydrogen (secondary N) is 1. The summed E-state index contributed by atoms with van der Waals surface area (Å²) in [5, 5.41) is 13.0. The van der Waals surface area contributed by atoms with Gasteiger partial charge in [-0.15, -0.1) is 0 Å². The summed E-state index contributed by atoms with van der Waals surface area (Å²) in [7, 11) is 1.46. The quantitative estimate of drug-likeness (QED) is 0.596. The molecule has 0 aliphatic rings. The SMILES string of the molecule is CC(C)N(C(=O)c1cc(NC(=O)c2ccc([N+](=O)[O-])o2)c(=O)n(C)c1)C(C)C. The molecule has 2 heterocycles. The van der Waals surface area contributed by atoms with Crippen LogP contribution in [-0.4, -0.2) is 38.3 Å². The standard InChI is InChI=1S/C18H22N4O6/c1-10(2)21(11(3)4)17(24)12-8-13(18(25)20(5)9-12)19-16(23)14-6-7-15(28-14)22(26)27/h6-11H,1-5H3,(H,19,23). The van der Waals surface area contributed by atoms with E-state index in [1.165, 1.54) is 23.9 Å². The van der Waals surface area contributed by atoms with Crippen LogP contribution in [0.5, 0.6) is 0 Å². The zero-order valence-corrected chi connectivity index (χ0v) is 16.3. The predicted octanol–water partition coefficient (Wildman–Crippen LogP) is 2.40. The molecule has 0 aliphatic heterocycles. The van der Waals surface area contributed by atoms with Gasteiger partial charge in [-0.05, 0) is 39.8 Å². The summed E-state index contributed by atoms with van der Waals surface area (Å²) in [5.41, 5.74) is -0.443. The molecule has 0 spiro atoms. The maximum Gasteiger partial charge on any atom is 0.433 e. The van der Waals surface area contributed by atoms with Crippen molar-refractivity contribution in [1.29, 1.82) is 0 Å². The van der Waals surface area contributed by atoms with Gasteiger partial charge in [-0.1, -0.05) is 0 Å². The van der Waals surface area contributed by atoms with Gasteiger partial charge >= 0.3 is 5.88 Å². The molecule has 2 aromatic heterocycles. The van der Waals surface area contributed by atoms with Crippen LogP contribution in [0.3, 0.4) is 0 Å². The van der Waals surface area contributed by atoms with Gasteiger partial charge in [-0.25, -0.2) is 0 Å². The number of carbonyl (C=O) groups excluding carboxylic acids is 2. The highest BCUT2D eigenvalue weighted by Crippen LogP contribution is 2.18. The lowest BCUT2D eigenvalue weighted by Crippen LogP contribution is -2.42. The Morgan fingerprint density at radius 2 is 1.82 bits per heavy atom. The minimum Gasteiger partial charge on any atom is -0.395 e. The van der Waals surface area contributed by atoms with Crippen molar-refractivity contribution >= 4 is 23.4 Å². The van der Waals surface area contributed by atoms with E-state index in [1.54, 1.807) is 4.90 Å². The van der Waals surface area contributed by atoms with Crippen LogP contribution in [-0.2, 0) is 7.05 Å². The molecule has 0 fully saturated rings. The van der Waals surface area contributed by atoms with Crippen molar-refractivity contribution in [2.75, 3.05) is 5.32 Å². The zero-order chi connectivity index (χ0) is 21.2. The van der Waals surface area contributed by atoms with Crippen molar-refractivity contribution in [1.82, 2.24) is 9.47 Å². The monoisotopic (exact) mass is 390 g/mol. The fourth-order valence-corrected chi connectivity index (χ4v) is 2.86. The molecule has 0 saturated heterocycles. The maximum atomic E-state index is 12.9. The lowest BCUT2D eigenvalue weighted by Gasteiger charge is -2.31. The Labute approximate surface area is 160 Å². The Kier molecular flexibility index (Phi) is 6.02. The Bertz CT molecular complexity index is 965. The Hall–Kier alpha value is -3.43. The number of aryl methyl sites for hydroxylation is 1. The number of pyridine rings is 1. The topological polar surface area (TPSA) is 128 Å². The molecular weight excluding hydrogens is 368 g/mol. The summed E-state index contributed by atoms with van der Waals surface area (Å²) in [6.45, 7) is 7.53. The van der Waals surface area contributed by atoms with Gasteiger partial charge in [0.05, 0.1) is 11.6 Å². The summed E-state index contributed by atoms with van der Waals surface area (Å²) >= 11 is 0. The molecule has 2 amide bonds. The van der Waals surface area contributed by atoms with Crippen molar-refractivity contribution in [3.05, 3.63) is 56.2 Å². The molecule has 10 nitrogen and oxygen atoms in total. The average molecular weight is 390 g/mol. The van der Waals surface area contributed by atoms with Crippen LogP contribution in [0.4, 0.5) is 11.6 Å². The maximum absolute atomic E-state index is 12.9. The first kappa shape index (κ1) is 20.9. The lowest BCUT2D eigenvalue weighted by atomic mass is 10.1. The second kappa shape index (κ2) is 8.07. The molecule has 0 atom stereocenters. The first-order valence-electron chi connectivity index (χ1n) is 8.61. The number of hydrogen-bond donors (Lipinski definition) is 1. The fourth-order valence-electron chi connectivity index (χ4n) is 2.86. The molecule has 2 rings (SSSR count). The highest BCUT2D eigenvalue weighted by atomic mass is 16.6. The van der Waals surface area contributed by atoms with Gasteiger partial charge in [0.2, 0.25) is 0 Å². The molecule has 2 aromatic rings. The van der Waals surface area contributed by atoms with Gasteiger partial charge in [0.15, 0.2) is 5.76 Å². The molecule has 0 aromatic carbocycles. The molecule has 0 saturated carbocycles. The van der Waals surface area contributed by atoms with Crippen LogP contribution >= 0.6 is 0 Å². The van der Waals surface area contributed by atoms with E-state index in [-0.39, 0.29) is 35.0 Å². The third-order valence-electron chi connectivity index (χ3n) is 4.02. The van der Waals surface area contributed by atoms with E-state index in [4.69, 9.17) is 4.42 Å². The van der Waals surface area contributed by atoms with Gasteiger partial charge < -0.3 is 19.2 Å². The van der Waals surface area contributed by atoms with Crippen LogP contribution in [0.2, 0.25) is 0 Å². The van der Waals surface area contributed by atoms with E-state index < -0.39 is 22.3 Å². The van der Waals surface area contributed by atoms with Crippen LogP contribution in [0, 0.1) is 10.1 Å². The number of carbonyl (C=O) groups is 2. The molecule has 0 bridgehead atoms. The molecule has 1 N–H and O–H groups in total. The summed E-state index contributed by atoms with van der Waals surface area (Å²) in [6, 6.07) is 3.33. The van der Waals surface area contributed by atoms with Gasteiger partial charge in [0.25, 0.3) is 17.4 Å². The first-order chi connectivity index (χ1) is 13.0. The second-order valence-electron chi connectivity index (χ2n) is 6.81. The van der Waals surface area contributed by atoms with Crippen LogP contribution in [0.15, 0.2) is 33.6 Å². The number of amides is 2. The van der Waals surface area contributed by atoms with Crippen molar-refractivity contribution in [2.45, 2.75) is 39.8 Å². The van der Waals surface area contributed by atoms with Gasteiger partial charge in [0.1, 0.15) is 10.6 Å². The van der Waals surface area contributed by atoms with Gasteiger partial charge in [-0.2, -0.15) is 0 Å². The first-order valence-corrected chi connectivity index (χ1v) is 8.61. The summed E-state index contributed by atoms with van der Waals surface area (Å²) in [6.07, 6.45) is 1.40. The van der Waals surface area contributed by atoms with Gasteiger partial charge in [-0.3, -0.25) is 24.5 Å².